The number of carbonyl (C=O) groups is 1. The molecule has 1 aromatic carbocycles. The van der Waals surface area contributed by atoms with E-state index in [0.29, 0.717) is 26.2 Å². The zero-order valence-electron chi connectivity index (χ0n) is 16.6. The minimum Gasteiger partial charge on any atom is -0.488 e. The van der Waals surface area contributed by atoms with Crippen LogP contribution >= 0.6 is 39.9 Å². The summed E-state index contributed by atoms with van der Waals surface area (Å²) in [5, 5.41) is 6.73. The van der Waals surface area contributed by atoms with Gasteiger partial charge in [0.2, 0.25) is 0 Å². The summed E-state index contributed by atoms with van der Waals surface area (Å²) in [6.45, 7) is 6.25. The molecule has 1 aliphatic rings. The van der Waals surface area contributed by atoms with E-state index < -0.39 is 0 Å². The third-order valence-electron chi connectivity index (χ3n) is 4.31. The van der Waals surface area contributed by atoms with Crippen LogP contribution in [0, 0.1) is 0 Å². The molecule has 1 aliphatic heterocycles. The van der Waals surface area contributed by atoms with Gasteiger partial charge in [-0.2, -0.15) is 0 Å². The Labute approximate surface area is 192 Å². The Morgan fingerprint density at radius 2 is 2.04 bits per heavy atom. The zero-order chi connectivity index (χ0) is 19.6. The van der Waals surface area contributed by atoms with Crippen molar-refractivity contribution in [1.82, 2.24) is 15.5 Å². The maximum atomic E-state index is 11.8. The van der Waals surface area contributed by atoms with Gasteiger partial charge in [-0.25, -0.2) is 4.79 Å². The van der Waals surface area contributed by atoms with E-state index in [1.165, 1.54) is 0 Å². The predicted molar refractivity (Wildman–Crippen MR) is 126 cm³/mol. The lowest BCUT2D eigenvalue weighted by Crippen LogP contribution is -2.50. The number of ether oxygens (including phenoxy) is 2. The number of hydrogen-bond donors (Lipinski definition) is 2. The monoisotopic (exact) mass is 568 g/mol. The van der Waals surface area contributed by atoms with E-state index in [1.54, 1.807) is 11.9 Å². The number of carbonyl (C=O) groups excluding carboxylic acids is 1. The van der Waals surface area contributed by atoms with Crippen LogP contribution in [0.15, 0.2) is 33.7 Å². The van der Waals surface area contributed by atoms with Crippen molar-refractivity contribution in [2.75, 3.05) is 33.3 Å². The van der Waals surface area contributed by atoms with Crippen LogP contribution in [-0.4, -0.2) is 62.4 Å². The van der Waals surface area contributed by atoms with Gasteiger partial charge in [-0.15, -0.1) is 24.0 Å². The smallest absolute Gasteiger partial charge is 0.409 e. The summed E-state index contributed by atoms with van der Waals surface area (Å²) in [6, 6.07) is 8.08. The summed E-state index contributed by atoms with van der Waals surface area (Å²) in [6.07, 6.45) is 1.48. The van der Waals surface area contributed by atoms with Crippen LogP contribution in [0.4, 0.5) is 4.79 Å². The van der Waals surface area contributed by atoms with Crippen molar-refractivity contribution in [2.45, 2.75) is 38.8 Å². The molecular formula is C19H30BrIN4O3. The van der Waals surface area contributed by atoms with Crippen LogP contribution in [-0.2, 0) is 4.74 Å². The van der Waals surface area contributed by atoms with Crippen molar-refractivity contribution < 1.29 is 14.3 Å². The second-order valence-electron chi connectivity index (χ2n) is 6.42. The number of aliphatic imine (C=N–C) groups is 1. The highest BCUT2D eigenvalue weighted by Crippen LogP contribution is 2.24. The molecule has 1 amide bonds. The molecule has 9 heteroatoms. The molecule has 7 nitrogen and oxygen atoms in total. The molecule has 0 radical (unpaired) electrons. The number of para-hydroxylation sites is 1. The summed E-state index contributed by atoms with van der Waals surface area (Å²) < 4.78 is 11.9. The lowest BCUT2D eigenvalue weighted by molar-refractivity contribution is 0.0963. The van der Waals surface area contributed by atoms with E-state index in [9.17, 15) is 4.79 Å². The van der Waals surface area contributed by atoms with Crippen LogP contribution < -0.4 is 15.4 Å². The predicted octanol–water partition coefficient (Wildman–Crippen LogP) is 3.62. The maximum Gasteiger partial charge on any atom is 0.409 e. The number of rotatable bonds is 6. The largest absolute Gasteiger partial charge is 0.488 e. The third kappa shape index (κ3) is 8.02. The van der Waals surface area contributed by atoms with Gasteiger partial charge in [-0.1, -0.05) is 12.1 Å². The average Bonchev–Trinajstić information content (AvgIpc) is 2.67. The number of amides is 1. The SMILES string of the molecule is CCOC(=O)N1CCC(NC(=NC)NCC(C)Oc2ccccc2Br)CC1.I. The second kappa shape index (κ2) is 13.1. The minimum absolute atomic E-state index is 0. The molecule has 1 atom stereocenters. The molecule has 1 heterocycles. The molecule has 1 aromatic rings. The van der Waals surface area contributed by atoms with Crippen LogP contribution in [0.1, 0.15) is 26.7 Å². The standard InChI is InChI=1S/C19H29BrN4O3.HI/c1-4-26-19(25)24-11-9-15(10-12-24)23-18(21-3)22-13-14(2)27-17-8-6-5-7-16(17)20;/h5-8,14-15H,4,9-13H2,1-3H3,(H2,21,22,23);1H. The lowest BCUT2D eigenvalue weighted by atomic mass is 10.1. The highest BCUT2D eigenvalue weighted by atomic mass is 127. The number of nitrogens with zero attached hydrogens (tertiary/aromatic N) is 2. The van der Waals surface area contributed by atoms with Gasteiger partial charge in [0, 0.05) is 26.2 Å². The first-order valence-electron chi connectivity index (χ1n) is 9.33. The maximum absolute atomic E-state index is 11.8. The van der Waals surface area contributed by atoms with Gasteiger partial charge in [-0.3, -0.25) is 4.99 Å². The van der Waals surface area contributed by atoms with Crippen LogP contribution in [0.25, 0.3) is 0 Å². The van der Waals surface area contributed by atoms with Gasteiger partial charge in [0.15, 0.2) is 5.96 Å². The third-order valence-corrected chi connectivity index (χ3v) is 4.96. The molecule has 0 saturated carbocycles. The Bertz CT molecular complexity index is 639. The summed E-state index contributed by atoms with van der Waals surface area (Å²) in [4.78, 5) is 17.8. The first-order chi connectivity index (χ1) is 13.0. The van der Waals surface area contributed by atoms with E-state index in [-0.39, 0.29) is 42.2 Å². The summed E-state index contributed by atoms with van der Waals surface area (Å²) in [5.74, 6) is 1.56. The summed E-state index contributed by atoms with van der Waals surface area (Å²) in [7, 11) is 1.75. The van der Waals surface area contributed by atoms with Crippen molar-refractivity contribution in [3.05, 3.63) is 28.7 Å². The molecule has 1 unspecified atom stereocenters. The van der Waals surface area contributed by atoms with Crippen LogP contribution in [0.5, 0.6) is 5.75 Å². The second-order valence-corrected chi connectivity index (χ2v) is 7.27. The molecule has 0 bridgehead atoms. The number of piperidine rings is 1. The Morgan fingerprint density at radius 1 is 1.36 bits per heavy atom. The van der Waals surface area contributed by atoms with Gasteiger partial charge in [-0.05, 0) is 54.8 Å². The van der Waals surface area contributed by atoms with Crippen LogP contribution in [0.2, 0.25) is 0 Å². The molecule has 0 aromatic heterocycles. The molecule has 28 heavy (non-hydrogen) atoms. The highest BCUT2D eigenvalue weighted by Gasteiger charge is 2.24. The molecule has 2 N–H and O–H groups in total. The molecule has 2 rings (SSSR count). The first-order valence-corrected chi connectivity index (χ1v) is 10.1. The number of hydrogen-bond acceptors (Lipinski definition) is 4. The molecule has 0 aliphatic carbocycles. The van der Waals surface area contributed by atoms with E-state index >= 15 is 0 Å². The van der Waals surface area contributed by atoms with Crippen molar-refractivity contribution in [3.8, 4) is 5.75 Å². The van der Waals surface area contributed by atoms with Crippen molar-refractivity contribution in [1.29, 1.82) is 0 Å². The number of likely N-dealkylation sites (tertiary alicyclic amines) is 1. The molecule has 158 valence electrons. The van der Waals surface area contributed by atoms with Crippen molar-refractivity contribution >= 4 is 52.0 Å². The van der Waals surface area contributed by atoms with Gasteiger partial charge in [0.1, 0.15) is 11.9 Å². The molecule has 1 saturated heterocycles. The quantitative estimate of drug-likeness (QED) is 0.311. The Morgan fingerprint density at radius 3 is 2.64 bits per heavy atom. The fraction of sp³-hybridized carbons (Fsp3) is 0.579. The molecule has 0 spiro atoms. The van der Waals surface area contributed by atoms with E-state index in [2.05, 4.69) is 31.6 Å². The zero-order valence-corrected chi connectivity index (χ0v) is 20.5. The van der Waals surface area contributed by atoms with Crippen molar-refractivity contribution in [2.24, 2.45) is 4.99 Å². The number of benzene rings is 1. The fourth-order valence-electron chi connectivity index (χ4n) is 2.85. The molecular weight excluding hydrogens is 539 g/mol. The lowest BCUT2D eigenvalue weighted by Gasteiger charge is -2.32. The summed E-state index contributed by atoms with van der Waals surface area (Å²) in [5.41, 5.74) is 0. The summed E-state index contributed by atoms with van der Waals surface area (Å²) >= 11 is 3.49. The normalized spacial score (nSPS) is 16.0. The minimum atomic E-state index is -0.225. The van der Waals surface area contributed by atoms with Crippen LogP contribution in [0.3, 0.4) is 0 Å². The number of halogens is 2. The average molecular weight is 569 g/mol. The molecule has 1 fully saturated rings. The van der Waals surface area contributed by atoms with E-state index in [1.807, 2.05) is 38.1 Å². The Hall–Kier alpha value is -1.23. The van der Waals surface area contributed by atoms with E-state index in [4.69, 9.17) is 9.47 Å². The van der Waals surface area contributed by atoms with Gasteiger partial charge in [0.05, 0.1) is 17.6 Å². The topological polar surface area (TPSA) is 75.2 Å². The fourth-order valence-corrected chi connectivity index (χ4v) is 3.23. The number of guanidine groups is 1. The van der Waals surface area contributed by atoms with E-state index in [0.717, 1.165) is 29.0 Å². The van der Waals surface area contributed by atoms with Gasteiger partial charge >= 0.3 is 6.09 Å². The van der Waals surface area contributed by atoms with Crippen molar-refractivity contribution in [3.63, 3.8) is 0 Å². The Balaban J connectivity index is 0.00000392. The first kappa shape index (κ1) is 24.8. The highest BCUT2D eigenvalue weighted by molar-refractivity contribution is 14.0. The van der Waals surface area contributed by atoms with Gasteiger partial charge in [0.25, 0.3) is 0 Å². The Kier molecular flexibility index (Phi) is 11.6. The van der Waals surface area contributed by atoms with Gasteiger partial charge < -0.3 is 25.0 Å². The number of nitrogens with one attached hydrogen (secondary N) is 2.